The van der Waals surface area contributed by atoms with E-state index < -0.39 is 0 Å². The van der Waals surface area contributed by atoms with Crippen molar-refractivity contribution in [3.63, 3.8) is 0 Å². The molecule has 1 N–H and O–H groups in total. The Morgan fingerprint density at radius 2 is 1.37 bits per heavy atom. The average molecular weight is 519 g/mol. The highest BCUT2D eigenvalue weighted by atomic mass is 35.5. The van der Waals surface area contributed by atoms with E-state index in [0.29, 0.717) is 33.4 Å². The number of carbonyl (C=O) groups is 1. The minimum absolute atomic E-state index is 0.0248. The van der Waals surface area contributed by atoms with Crippen molar-refractivity contribution in [3.05, 3.63) is 130 Å². The van der Waals surface area contributed by atoms with E-state index in [9.17, 15) is 9.59 Å². The zero-order valence-electron chi connectivity index (χ0n) is 20.3. The number of nitrogens with one attached hydrogen (secondary N) is 1. The number of hydrogen-bond donors (Lipinski definition) is 1. The number of pyridine rings is 1. The van der Waals surface area contributed by atoms with Crippen LogP contribution in [0.2, 0.25) is 5.02 Å². The van der Waals surface area contributed by atoms with E-state index in [-0.39, 0.29) is 17.9 Å². The Kier molecular flexibility index (Phi) is 6.23. The average Bonchev–Trinajstić information content (AvgIpc) is 3.29. The predicted octanol–water partition coefficient (Wildman–Crippen LogP) is 5.96. The fraction of sp³-hybridized carbons (Fsp3) is 0.0645. The number of aromatic nitrogens is 2. The van der Waals surface area contributed by atoms with Crippen molar-refractivity contribution < 1.29 is 4.79 Å². The van der Waals surface area contributed by atoms with Gasteiger partial charge in [0, 0.05) is 45.0 Å². The highest BCUT2D eigenvalue weighted by Gasteiger charge is 2.13. The maximum absolute atomic E-state index is 13.0. The molecule has 6 aromatic rings. The predicted molar refractivity (Wildman–Crippen MR) is 154 cm³/mol. The van der Waals surface area contributed by atoms with Gasteiger partial charge in [0.15, 0.2) is 5.43 Å². The third-order valence-electron chi connectivity index (χ3n) is 6.66. The molecule has 0 bridgehead atoms. The second kappa shape index (κ2) is 10.00. The first-order chi connectivity index (χ1) is 18.6. The van der Waals surface area contributed by atoms with E-state index in [2.05, 4.69) is 21.2 Å². The molecule has 6 rings (SSSR count). The Balaban J connectivity index is 1.26. The van der Waals surface area contributed by atoms with Crippen LogP contribution in [-0.4, -0.2) is 21.3 Å². The molecule has 2 heterocycles. The van der Waals surface area contributed by atoms with Crippen molar-refractivity contribution in [1.82, 2.24) is 14.6 Å². The molecule has 0 saturated carbocycles. The van der Waals surface area contributed by atoms with Crippen LogP contribution < -0.4 is 10.9 Å². The molecule has 2 aromatic heterocycles. The van der Waals surface area contributed by atoms with Crippen molar-refractivity contribution in [2.45, 2.75) is 13.1 Å². The number of nitrogens with zero attached hydrogens (tertiary/aromatic N) is 3. The van der Waals surface area contributed by atoms with Crippen molar-refractivity contribution in [3.8, 4) is 0 Å². The first-order valence-corrected chi connectivity index (χ1v) is 12.6. The third kappa shape index (κ3) is 4.46. The van der Waals surface area contributed by atoms with Gasteiger partial charge in [-0.05, 0) is 48.0 Å². The van der Waals surface area contributed by atoms with Crippen LogP contribution in [0.25, 0.3) is 32.7 Å². The topological polar surface area (TPSA) is 68.4 Å². The number of carbonyl (C=O) groups excluding carboxylic acids is 1. The summed E-state index contributed by atoms with van der Waals surface area (Å²) < 4.78 is 4.01. The van der Waals surface area contributed by atoms with Crippen molar-refractivity contribution in [2.24, 2.45) is 5.10 Å². The van der Waals surface area contributed by atoms with E-state index in [1.54, 1.807) is 18.3 Å². The zero-order chi connectivity index (χ0) is 26.1. The van der Waals surface area contributed by atoms with Crippen LogP contribution in [0.1, 0.15) is 11.1 Å². The molecule has 1 amide bonds. The van der Waals surface area contributed by atoms with Crippen molar-refractivity contribution in [1.29, 1.82) is 0 Å². The summed E-state index contributed by atoms with van der Waals surface area (Å²) in [6.07, 6.45) is 3.69. The fourth-order valence-electron chi connectivity index (χ4n) is 4.90. The van der Waals surface area contributed by atoms with Gasteiger partial charge in [-0.25, -0.2) is 5.43 Å². The molecule has 0 unspecified atom stereocenters. The summed E-state index contributed by atoms with van der Waals surface area (Å²) >= 11 is 6.04. The van der Waals surface area contributed by atoms with Crippen LogP contribution in [0.3, 0.4) is 0 Å². The fourth-order valence-corrected chi connectivity index (χ4v) is 5.02. The first-order valence-electron chi connectivity index (χ1n) is 12.2. The maximum Gasteiger partial charge on any atom is 0.260 e. The molecule has 0 atom stereocenters. The van der Waals surface area contributed by atoms with Crippen LogP contribution in [0.5, 0.6) is 0 Å². The Hall–Kier alpha value is -4.68. The number of hydrogen-bond acceptors (Lipinski definition) is 3. The van der Waals surface area contributed by atoms with Gasteiger partial charge in [0.1, 0.15) is 6.54 Å². The summed E-state index contributed by atoms with van der Waals surface area (Å²) in [5, 5.41) is 7.17. The Labute approximate surface area is 223 Å². The molecule has 0 aliphatic heterocycles. The van der Waals surface area contributed by atoms with Crippen LogP contribution in [0.15, 0.2) is 113 Å². The highest BCUT2D eigenvalue weighted by molar-refractivity contribution is 6.30. The van der Waals surface area contributed by atoms with Crippen LogP contribution in [-0.2, 0) is 17.9 Å². The lowest BCUT2D eigenvalue weighted by Gasteiger charge is -2.14. The van der Waals surface area contributed by atoms with Gasteiger partial charge in [-0.3, -0.25) is 9.59 Å². The SMILES string of the molecule is O=C(Cn1c2ccccc2c(=O)c2ccccc21)NN=Cc1cn(Cc2ccc(Cl)cc2)c2ccccc12. The monoisotopic (exact) mass is 518 g/mol. The van der Waals surface area contributed by atoms with Gasteiger partial charge in [0.2, 0.25) is 0 Å². The molecular formula is C31H23ClN4O2. The van der Waals surface area contributed by atoms with Gasteiger partial charge < -0.3 is 9.13 Å². The van der Waals surface area contributed by atoms with Gasteiger partial charge in [-0.1, -0.05) is 66.2 Å². The van der Waals surface area contributed by atoms with Gasteiger partial charge in [0.05, 0.1) is 17.2 Å². The van der Waals surface area contributed by atoms with Crippen molar-refractivity contribution in [2.75, 3.05) is 0 Å². The molecule has 0 fully saturated rings. The van der Waals surface area contributed by atoms with Gasteiger partial charge in [0.25, 0.3) is 5.91 Å². The number of rotatable bonds is 6. The summed E-state index contributed by atoms with van der Waals surface area (Å²) in [5.74, 6) is -0.287. The lowest BCUT2D eigenvalue weighted by atomic mass is 10.1. The van der Waals surface area contributed by atoms with Crippen LogP contribution in [0, 0.1) is 0 Å². The number of hydrazone groups is 1. The molecule has 6 nitrogen and oxygen atoms in total. The van der Waals surface area contributed by atoms with Gasteiger partial charge in [-0.2, -0.15) is 5.10 Å². The second-order valence-corrected chi connectivity index (χ2v) is 9.54. The standard InChI is InChI=1S/C31H23ClN4O2/c32-23-15-13-21(14-16-23)18-35-19-22(24-7-1-4-10-27(24)35)17-33-34-30(37)20-36-28-11-5-2-8-25(28)31(38)26-9-3-6-12-29(26)36/h1-17,19H,18,20H2,(H,34,37). The number of para-hydroxylation sites is 3. The Bertz CT molecular complexity index is 1840. The van der Waals surface area contributed by atoms with E-state index in [1.807, 2.05) is 89.6 Å². The Morgan fingerprint density at radius 1 is 0.789 bits per heavy atom. The van der Waals surface area contributed by atoms with E-state index >= 15 is 0 Å². The number of benzene rings is 4. The van der Waals surface area contributed by atoms with Crippen molar-refractivity contribution >= 4 is 56.4 Å². The first kappa shape index (κ1) is 23.7. The molecule has 0 aliphatic rings. The Morgan fingerprint density at radius 3 is 2.03 bits per heavy atom. The number of fused-ring (bicyclic) bond motifs is 3. The smallest absolute Gasteiger partial charge is 0.260 e. The molecule has 0 saturated heterocycles. The number of halogens is 1. The molecule has 7 heteroatoms. The quantitative estimate of drug-likeness (QED) is 0.168. The van der Waals surface area contributed by atoms with E-state index in [0.717, 1.165) is 22.0 Å². The van der Waals surface area contributed by atoms with E-state index in [1.165, 1.54) is 0 Å². The molecule has 0 radical (unpaired) electrons. The summed E-state index contributed by atoms with van der Waals surface area (Å²) in [4.78, 5) is 25.9. The summed E-state index contributed by atoms with van der Waals surface area (Å²) in [6, 6.07) is 30.6. The molecule has 0 spiro atoms. The zero-order valence-corrected chi connectivity index (χ0v) is 21.1. The second-order valence-electron chi connectivity index (χ2n) is 9.10. The normalized spacial score (nSPS) is 11.6. The highest BCUT2D eigenvalue weighted by Crippen LogP contribution is 2.22. The minimum Gasteiger partial charge on any atom is -0.342 e. The molecule has 186 valence electrons. The molecule has 38 heavy (non-hydrogen) atoms. The molecular weight excluding hydrogens is 496 g/mol. The van der Waals surface area contributed by atoms with E-state index in [4.69, 9.17) is 11.6 Å². The van der Waals surface area contributed by atoms with Gasteiger partial charge in [-0.15, -0.1) is 0 Å². The van der Waals surface area contributed by atoms with Crippen LogP contribution >= 0.6 is 11.6 Å². The van der Waals surface area contributed by atoms with Gasteiger partial charge >= 0.3 is 0 Å². The molecule has 4 aromatic carbocycles. The number of amides is 1. The maximum atomic E-state index is 13.0. The third-order valence-corrected chi connectivity index (χ3v) is 6.91. The lowest BCUT2D eigenvalue weighted by Crippen LogP contribution is -2.25. The largest absolute Gasteiger partial charge is 0.342 e. The molecule has 0 aliphatic carbocycles. The van der Waals surface area contributed by atoms with Crippen LogP contribution in [0.4, 0.5) is 0 Å². The summed E-state index contributed by atoms with van der Waals surface area (Å²) in [5.41, 5.74) is 7.14. The summed E-state index contributed by atoms with van der Waals surface area (Å²) in [6.45, 7) is 0.710. The lowest BCUT2D eigenvalue weighted by molar-refractivity contribution is -0.121. The summed E-state index contributed by atoms with van der Waals surface area (Å²) in [7, 11) is 0. The minimum atomic E-state index is -0.287.